The van der Waals surface area contributed by atoms with E-state index in [4.69, 9.17) is 0 Å². The average Bonchev–Trinajstić information content (AvgIpc) is 3.10. The van der Waals surface area contributed by atoms with E-state index < -0.39 is 0 Å². The third kappa shape index (κ3) is 2.41. The molecule has 4 nitrogen and oxygen atoms in total. The average molecular weight is 259 g/mol. The fourth-order valence-corrected chi connectivity index (χ4v) is 2.46. The Labute approximate surface area is 109 Å². The predicted molar refractivity (Wildman–Crippen MR) is 69.3 cm³/mol. The van der Waals surface area contributed by atoms with Gasteiger partial charge < -0.3 is 5.32 Å². The third-order valence-electron chi connectivity index (χ3n) is 3.12. The largest absolute Gasteiger partial charge is 0.344 e. The standard InChI is InChI=1S/C13H13N3OS/c17-13(11-8-14-16-18-11)15-12(10-6-7-10)9-4-2-1-3-5-9/h1-5,8,10,12H,6-7H2,(H,15,17)/t12-/m0/s1. The van der Waals surface area contributed by atoms with Gasteiger partial charge in [-0.1, -0.05) is 34.8 Å². The highest BCUT2D eigenvalue weighted by Crippen LogP contribution is 2.41. The van der Waals surface area contributed by atoms with Gasteiger partial charge in [-0.2, -0.15) is 0 Å². The van der Waals surface area contributed by atoms with E-state index in [0.29, 0.717) is 10.8 Å². The van der Waals surface area contributed by atoms with E-state index in [-0.39, 0.29) is 11.9 Å². The molecule has 3 rings (SSSR count). The zero-order chi connectivity index (χ0) is 12.4. The zero-order valence-electron chi connectivity index (χ0n) is 9.74. The number of hydrogen-bond donors (Lipinski definition) is 1. The summed E-state index contributed by atoms with van der Waals surface area (Å²) in [6, 6.07) is 10.2. The molecular formula is C13H13N3OS. The van der Waals surface area contributed by atoms with Crippen LogP contribution in [0.1, 0.15) is 34.1 Å². The molecule has 92 valence electrons. The summed E-state index contributed by atoms with van der Waals surface area (Å²) >= 11 is 1.13. The van der Waals surface area contributed by atoms with Gasteiger partial charge in [-0.25, -0.2) is 0 Å². The molecule has 1 N–H and O–H groups in total. The van der Waals surface area contributed by atoms with Crippen LogP contribution in [0.5, 0.6) is 0 Å². The van der Waals surface area contributed by atoms with Crippen molar-refractivity contribution in [2.24, 2.45) is 5.92 Å². The lowest BCUT2D eigenvalue weighted by Crippen LogP contribution is -2.29. The number of benzene rings is 1. The fourth-order valence-electron chi connectivity index (χ4n) is 2.04. The van der Waals surface area contributed by atoms with Crippen LogP contribution in [0.15, 0.2) is 36.5 Å². The van der Waals surface area contributed by atoms with Crippen molar-refractivity contribution in [2.45, 2.75) is 18.9 Å². The maximum atomic E-state index is 12.0. The molecule has 0 bridgehead atoms. The summed E-state index contributed by atoms with van der Waals surface area (Å²) in [6.45, 7) is 0. The number of nitrogens with zero attached hydrogens (tertiary/aromatic N) is 2. The Morgan fingerprint density at radius 2 is 2.11 bits per heavy atom. The summed E-state index contributed by atoms with van der Waals surface area (Å²) in [5.74, 6) is 0.489. The maximum Gasteiger partial charge on any atom is 0.265 e. The first-order valence-corrected chi connectivity index (χ1v) is 6.75. The summed E-state index contributed by atoms with van der Waals surface area (Å²) in [7, 11) is 0. The van der Waals surface area contributed by atoms with Crippen LogP contribution in [0.25, 0.3) is 0 Å². The molecule has 18 heavy (non-hydrogen) atoms. The van der Waals surface area contributed by atoms with E-state index >= 15 is 0 Å². The van der Waals surface area contributed by atoms with Gasteiger partial charge in [0.2, 0.25) is 0 Å². The second-order valence-corrected chi connectivity index (χ2v) is 5.27. The van der Waals surface area contributed by atoms with Crippen molar-refractivity contribution in [1.82, 2.24) is 14.9 Å². The van der Waals surface area contributed by atoms with Crippen molar-refractivity contribution >= 4 is 17.4 Å². The molecule has 0 radical (unpaired) electrons. The van der Waals surface area contributed by atoms with Gasteiger partial charge >= 0.3 is 0 Å². The van der Waals surface area contributed by atoms with Crippen LogP contribution in [-0.2, 0) is 0 Å². The van der Waals surface area contributed by atoms with E-state index in [9.17, 15) is 4.79 Å². The summed E-state index contributed by atoms with van der Waals surface area (Å²) in [4.78, 5) is 12.6. The van der Waals surface area contributed by atoms with Crippen molar-refractivity contribution in [3.8, 4) is 0 Å². The smallest absolute Gasteiger partial charge is 0.265 e. The van der Waals surface area contributed by atoms with Crippen LogP contribution in [0, 0.1) is 5.92 Å². The molecule has 0 spiro atoms. The molecule has 0 aliphatic heterocycles. The monoisotopic (exact) mass is 259 g/mol. The van der Waals surface area contributed by atoms with E-state index in [1.54, 1.807) is 0 Å². The molecule has 1 heterocycles. The van der Waals surface area contributed by atoms with E-state index in [1.165, 1.54) is 24.6 Å². The Kier molecular flexibility index (Phi) is 3.06. The predicted octanol–water partition coefficient (Wildman–Crippen LogP) is 2.42. The van der Waals surface area contributed by atoms with Gasteiger partial charge in [-0.15, -0.1) is 5.10 Å². The minimum atomic E-state index is -0.0780. The Morgan fingerprint density at radius 3 is 2.72 bits per heavy atom. The molecule has 1 amide bonds. The summed E-state index contributed by atoms with van der Waals surface area (Å²) in [6.07, 6.45) is 3.87. The molecule has 1 aromatic heterocycles. The van der Waals surface area contributed by atoms with Gasteiger partial charge in [0.05, 0.1) is 12.2 Å². The highest BCUT2D eigenvalue weighted by molar-refractivity contribution is 7.07. The van der Waals surface area contributed by atoms with Crippen LogP contribution in [0.4, 0.5) is 0 Å². The van der Waals surface area contributed by atoms with Crippen molar-refractivity contribution in [1.29, 1.82) is 0 Å². The number of rotatable bonds is 4. The van der Waals surface area contributed by atoms with Crippen LogP contribution in [-0.4, -0.2) is 15.5 Å². The van der Waals surface area contributed by atoms with Gasteiger partial charge in [0.1, 0.15) is 4.88 Å². The second-order valence-electron chi connectivity index (χ2n) is 4.48. The third-order valence-corrected chi connectivity index (χ3v) is 3.79. The van der Waals surface area contributed by atoms with Gasteiger partial charge in [-0.3, -0.25) is 4.79 Å². The summed E-state index contributed by atoms with van der Waals surface area (Å²) in [5.41, 5.74) is 1.17. The Hall–Kier alpha value is -1.75. The fraction of sp³-hybridized carbons (Fsp3) is 0.308. The van der Waals surface area contributed by atoms with Crippen LogP contribution in [0.2, 0.25) is 0 Å². The Morgan fingerprint density at radius 1 is 1.33 bits per heavy atom. The zero-order valence-corrected chi connectivity index (χ0v) is 10.6. The first-order chi connectivity index (χ1) is 8.84. The Balaban J connectivity index is 1.77. The van der Waals surface area contributed by atoms with Crippen molar-refractivity contribution < 1.29 is 4.79 Å². The number of nitrogens with one attached hydrogen (secondary N) is 1. The van der Waals surface area contributed by atoms with Gasteiger partial charge in [-0.05, 0) is 35.9 Å². The number of amides is 1. The van der Waals surface area contributed by atoms with Crippen LogP contribution < -0.4 is 5.32 Å². The molecular weight excluding hydrogens is 246 g/mol. The maximum absolute atomic E-state index is 12.0. The Bertz CT molecular complexity index is 522. The van der Waals surface area contributed by atoms with E-state index in [2.05, 4.69) is 27.0 Å². The molecule has 1 saturated carbocycles. The molecule has 0 saturated heterocycles. The van der Waals surface area contributed by atoms with Crippen LogP contribution >= 0.6 is 11.5 Å². The molecule has 1 aliphatic rings. The number of carbonyl (C=O) groups excluding carboxylic acids is 1. The lowest BCUT2D eigenvalue weighted by atomic mass is 10.0. The van der Waals surface area contributed by atoms with E-state index in [1.807, 2.05) is 18.2 Å². The first kappa shape index (κ1) is 11.3. The SMILES string of the molecule is O=C(N[C@@H](c1ccccc1)C1CC1)c1cnns1. The molecule has 0 unspecified atom stereocenters. The summed E-state index contributed by atoms with van der Waals surface area (Å²) in [5, 5.41) is 6.78. The minimum absolute atomic E-state index is 0.0780. The van der Waals surface area contributed by atoms with Crippen molar-refractivity contribution in [3.63, 3.8) is 0 Å². The lowest BCUT2D eigenvalue weighted by Gasteiger charge is -2.18. The number of aromatic nitrogens is 2. The van der Waals surface area contributed by atoms with Gasteiger partial charge in [0.15, 0.2) is 0 Å². The first-order valence-electron chi connectivity index (χ1n) is 5.98. The summed E-state index contributed by atoms with van der Waals surface area (Å²) < 4.78 is 3.71. The minimum Gasteiger partial charge on any atom is -0.344 e. The molecule has 2 aromatic rings. The van der Waals surface area contributed by atoms with Gasteiger partial charge in [0, 0.05) is 0 Å². The quantitative estimate of drug-likeness (QED) is 0.917. The highest BCUT2D eigenvalue weighted by atomic mass is 32.1. The normalized spacial score (nSPS) is 16.2. The van der Waals surface area contributed by atoms with E-state index in [0.717, 1.165) is 11.5 Å². The highest BCUT2D eigenvalue weighted by Gasteiger charge is 2.33. The lowest BCUT2D eigenvalue weighted by molar-refractivity contribution is 0.0935. The molecule has 1 fully saturated rings. The van der Waals surface area contributed by atoms with Crippen molar-refractivity contribution in [2.75, 3.05) is 0 Å². The van der Waals surface area contributed by atoms with Crippen LogP contribution in [0.3, 0.4) is 0 Å². The molecule has 5 heteroatoms. The van der Waals surface area contributed by atoms with Crippen molar-refractivity contribution in [3.05, 3.63) is 47.0 Å². The van der Waals surface area contributed by atoms with Gasteiger partial charge in [0.25, 0.3) is 5.91 Å². The topological polar surface area (TPSA) is 54.9 Å². The number of carbonyl (C=O) groups is 1. The molecule has 1 aliphatic carbocycles. The second kappa shape index (κ2) is 4.86. The molecule has 1 atom stereocenters. The number of hydrogen-bond acceptors (Lipinski definition) is 4. The molecule has 1 aromatic carbocycles.